The Balaban J connectivity index is 1.64. The molecule has 2 aromatic heterocycles. The number of hydrogen-bond donors (Lipinski definition) is 1. The van der Waals surface area contributed by atoms with E-state index in [1.807, 2.05) is 37.3 Å². The van der Waals surface area contributed by atoms with Crippen LogP contribution in [0.4, 0.5) is 14.6 Å². The van der Waals surface area contributed by atoms with E-state index in [-0.39, 0.29) is 11.7 Å². The van der Waals surface area contributed by atoms with Crippen LogP contribution < -0.4 is 5.32 Å². The number of halogens is 2. The fraction of sp³-hybridized carbons (Fsp3) is 0.280. The molecule has 0 aliphatic carbocycles. The van der Waals surface area contributed by atoms with E-state index in [2.05, 4.69) is 20.3 Å². The molecule has 0 radical (unpaired) electrons. The first-order valence-electron chi connectivity index (χ1n) is 11.2. The summed E-state index contributed by atoms with van der Waals surface area (Å²) >= 11 is 1.28. The summed E-state index contributed by atoms with van der Waals surface area (Å²) in [5.74, 6) is 0.136. The molecule has 35 heavy (non-hydrogen) atoms. The van der Waals surface area contributed by atoms with Crippen LogP contribution in [0.15, 0.2) is 65.8 Å². The van der Waals surface area contributed by atoms with E-state index in [0.717, 1.165) is 5.56 Å². The van der Waals surface area contributed by atoms with Gasteiger partial charge < -0.3 is 10.2 Å². The molecule has 0 fully saturated rings. The predicted octanol–water partition coefficient (Wildman–Crippen LogP) is 5.32. The molecule has 0 aliphatic heterocycles. The van der Waals surface area contributed by atoms with Gasteiger partial charge in [0.05, 0.1) is 11.0 Å². The van der Waals surface area contributed by atoms with Crippen LogP contribution in [0.3, 0.4) is 0 Å². The molecule has 1 N–H and O–H groups in total. The lowest BCUT2D eigenvalue weighted by molar-refractivity contribution is -0.132. The van der Waals surface area contributed by atoms with Crippen molar-refractivity contribution in [2.45, 2.75) is 38.0 Å². The van der Waals surface area contributed by atoms with Crippen molar-refractivity contribution < 1.29 is 13.6 Å². The van der Waals surface area contributed by atoms with Crippen LogP contribution in [0, 0.1) is 0 Å². The number of nitrogens with zero attached hydrogens (tertiary/aromatic N) is 5. The van der Waals surface area contributed by atoms with E-state index >= 15 is 0 Å². The zero-order valence-electron chi connectivity index (χ0n) is 19.7. The summed E-state index contributed by atoms with van der Waals surface area (Å²) < 4.78 is 29.1. The number of fused-ring (bicyclic) bond motifs is 1. The molecule has 1 amide bonds. The van der Waals surface area contributed by atoms with Crippen molar-refractivity contribution in [1.82, 2.24) is 24.4 Å². The second kappa shape index (κ2) is 10.8. The third kappa shape index (κ3) is 5.43. The summed E-state index contributed by atoms with van der Waals surface area (Å²) in [5.41, 5.74) is 2.00. The number of anilines is 1. The summed E-state index contributed by atoms with van der Waals surface area (Å²) in [5, 5.41) is 3.53. The minimum Gasteiger partial charge on any atom is -0.358 e. The van der Waals surface area contributed by atoms with Crippen molar-refractivity contribution in [2.24, 2.45) is 0 Å². The number of thioether (sulfide) groups is 1. The van der Waals surface area contributed by atoms with Gasteiger partial charge in [0.2, 0.25) is 5.91 Å². The molecule has 0 unspecified atom stereocenters. The van der Waals surface area contributed by atoms with Crippen LogP contribution >= 0.6 is 11.8 Å². The number of hydrogen-bond acceptors (Lipinski definition) is 6. The quantitative estimate of drug-likeness (QED) is 0.250. The second-order valence-electron chi connectivity index (χ2n) is 7.90. The summed E-state index contributed by atoms with van der Waals surface area (Å²) in [6, 6.07) is 17.7. The number of imidazole rings is 1. The van der Waals surface area contributed by atoms with E-state index < -0.39 is 18.3 Å². The van der Waals surface area contributed by atoms with Crippen LogP contribution in [0.5, 0.6) is 0 Å². The lowest BCUT2D eigenvalue weighted by Crippen LogP contribution is -2.41. The van der Waals surface area contributed by atoms with Crippen molar-refractivity contribution in [2.75, 3.05) is 18.1 Å². The molecule has 4 aromatic rings. The summed E-state index contributed by atoms with van der Waals surface area (Å²) in [6.45, 7) is 4.72. The number of amides is 1. The number of carbonyl (C=O) groups is 1. The van der Waals surface area contributed by atoms with Gasteiger partial charge in [-0.25, -0.2) is 23.7 Å². The maximum atomic E-state index is 13.9. The summed E-state index contributed by atoms with van der Waals surface area (Å²) in [4.78, 5) is 27.9. The number of rotatable bonds is 9. The number of benzene rings is 2. The normalized spacial score (nSPS) is 12.2. The fourth-order valence-electron chi connectivity index (χ4n) is 3.83. The van der Waals surface area contributed by atoms with Gasteiger partial charge >= 0.3 is 0 Å². The Bertz CT molecular complexity index is 1310. The maximum Gasteiger partial charge on any atom is 0.296 e. The number of para-hydroxylation sites is 2. The molecule has 10 heteroatoms. The summed E-state index contributed by atoms with van der Waals surface area (Å²) in [7, 11) is 0. The molecular weight excluding hydrogens is 470 g/mol. The Morgan fingerprint density at radius 1 is 1.09 bits per heavy atom. The first-order valence-corrected chi connectivity index (χ1v) is 12.4. The van der Waals surface area contributed by atoms with Crippen LogP contribution in [-0.2, 0) is 11.3 Å². The van der Waals surface area contributed by atoms with E-state index in [1.54, 1.807) is 48.4 Å². The zero-order chi connectivity index (χ0) is 24.9. The SMILES string of the molecule is CCN(Cc1ccccc1)C(=O)[C@H](C)Nc1cc(-n2c(C(F)F)nc3ccccc32)nc(SC)n1. The third-order valence-corrected chi connectivity index (χ3v) is 6.08. The molecule has 0 aliphatic rings. The van der Waals surface area contributed by atoms with Crippen molar-refractivity contribution in [3.05, 3.63) is 72.1 Å². The van der Waals surface area contributed by atoms with Crippen LogP contribution in [0.2, 0.25) is 0 Å². The van der Waals surface area contributed by atoms with E-state index in [4.69, 9.17) is 0 Å². The number of alkyl halides is 2. The Morgan fingerprint density at radius 3 is 2.49 bits per heavy atom. The fourth-order valence-corrected chi connectivity index (χ4v) is 4.21. The topological polar surface area (TPSA) is 75.9 Å². The van der Waals surface area contributed by atoms with Crippen molar-refractivity contribution in [3.63, 3.8) is 0 Å². The molecule has 7 nitrogen and oxygen atoms in total. The van der Waals surface area contributed by atoms with E-state index in [9.17, 15) is 13.6 Å². The summed E-state index contributed by atoms with van der Waals surface area (Å²) in [6.07, 6.45) is -0.987. The molecule has 182 valence electrons. The molecule has 2 heterocycles. The smallest absolute Gasteiger partial charge is 0.296 e. The number of aromatic nitrogens is 4. The third-order valence-electron chi connectivity index (χ3n) is 5.53. The lowest BCUT2D eigenvalue weighted by Gasteiger charge is -2.25. The average molecular weight is 497 g/mol. The highest BCUT2D eigenvalue weighted by atomic mass is 32.2. The highest BCUT2D eigenvalue weighted by molar-refractivity contribution is 7.98. The predicted molar refractivity (Wildman–Crippen MR) is 134 cm³/mol. The van der Waals surface area contributed by atoms with Gasteiger partial charge in [0, 0.05) is 19.2 Å². The number of nitrogens with one attached hydrogen (secondary N) is 1. The molecular formula is C25H26F2N6OS. The second-order valence-corrected chi connectivity index (χ2v) is 8.67. The van der Waals surface area contributed by atoms with Crippen molar-refractivity contribution in [1.29, 1.82) is 0 Å². The molecule has 1 atom stereocenters. The first-order chi connectivity index (χ1) is 16.9. The highest BCUT2D eigenvalue weighted by Crippen LogP contribution is 2.29. The number of carbonyl (C=O) groups excluding carboxylic acids is 1. The Hall–Kier alpha value is -3.53. The van der Waals surface area contributed by atoms with E-state index in [0.29, 0.717) is 35.1 Å². The number of likely N-dealkylation sites (N-methyl/N-ethyl adjacent to an activating group) is 1. The molecule has 4 rings (SSSR count). The Kier molecular flexibility index (Phi) is 7.60. The minimum atomic E-state index is -2.79. The van der Waals surface area contributed by atoms with Gasteiger partial charge in [0.25, 0.3) is 6.43 Å². The van der Waals surface area contributed by atoms with Gasteiger partial charge in [-0.05, 0) is 37.8 Å². The molecule has 0 saturated heterocycles. The standard InChI is InChI=1S/C25H26F2N6OS/c1-4-32(15-17-10-6-5-7-11-17)24(34)16(2)28-20-14-21(31-25(30-20)35-3)33-19-13-9-8-12-18(19)29-23(33)22(26)27/h5-14,16,22H,4,15H2,1-3H3,(H,28,30,31)/t16-/m0/s1. The van der Waals surface area contributed by atoms with Crippen LogP contribution in [0.1, 0.15) is 31.7 Å². The molecule has 0 bridgehead atoms. The molecule has 0 saturated carbocycles. The first kappa shape index (κ1) is 24.6. The van der Waals surface area contributed by atoms with Gasteiger partial charge in [0.1, 0.15) is 17.7 Å². The Labute approximate surface area is 206 Å². The van der Waals surface area contributed by atoms with Crippen LogP contribution in [-0.4, -0.2) is 49.2 Å². The monoisotopic (exact) mass is 496 g/mol. The van der Waals surface area contributed by atoms with Gasteiger partial charge in [-0.2, -0.15) is 0 Å². The van der Waals surface area contributed by atoms with Crippen LogP contribution in [0.25, 0.3) is 16.9 Å². The highest BCUT2D eigenvalue weighted by Gasteiger charge is 2.23. The zero-order valence-corrected chi connectivity index (χ0v) is 20.5. The Morgan fingerprint density at radius 2 is 1.80 bits per heavy atom. The van der Waals surface area contributed by atoms with E-state index in [1.165, 1.54) is 16.3 Å². The lowest BCUT2D eigenvalue weighted by atomic mass is 10.2. The van der Waals surface area contributed by atoms with Gasteiger partial charge in [-0.3, -0.25) is 9.36 Å². The van der Waals surface area contributed by atoms with Gasteiger partial charge in [0.15, 0.2) is 11.0 Å². The largest absolute Gasteiger partial charge is 0.358 e. The van der Waals surface area contributed by atoms with Gasteiger partial charge in [-0.1, -0.05) is 54.2 Å². The average Bonchev–Trinajstić information content (AvgIpc) is 3.27. The maximum absolute atomic E-state index is 13.9. The van der Waals surface area contributed by atoms with Gasteiger partial charge in [-0.15, -0.1) is 0 Å². The molecule has 0 spiro atoms. The van der Waals surface area contributed by atoms with Crippen molar-refractivity contribution in [3.8, 4) is 5.82 Å². The molecule has 2 aromatic carbocycles. The van der Waals surface area contributed by atoms with Crippen molar-refractivity contribution >= 4 is 34.5 Å². The minimum absolute atomic E-state index is 0.0939.